The third kappa shape index (κ3) is 6.18. The lowest BCUT2D eigenvalue weighted by Crippen LogP contribution is -2.50. The summed E-state index contributed by atoms with van der Waals surface area (Å²) in [5.74, 6) is 0.223. The molecule has 0 unspecified atom stereocenters. The molecule has 0 radical (unpaired) electrons. The Morgan fingerprint density at radius 1 is 0.971 bits per heavy atom. The third-order valence-corrected chi connectivity index (χ3v) is 7.88. The maximum absolute atomic E-state index is 13.0. The number of rotatable bonds is 9. The number of benzene rings is 3. The molecule has 4 rings (SSSR count). The molecule has 9 heteroatoms. The van der Waals surface area contributed by atoms with Crippen LogP contribution in [0.1, 0.15) is 17.3 Å². The molecular weight excluding hydrogens is 468 g/mol. The zero-order valence-electron chi connectivity index (χ0n) is 19.7. The normalized spacial score (nSPS) is 16.2. The van der Waals surface area contributed by atoms with Gasteiger partial charge in [0.1, 0.15) is 18.5 Å². The van der Waals surface area contributed by atoms with Crippen molar-refractivity contribution in [1.29, 1.82) is 0 Å². The second-order valence-electron chi connectivity index (χ2n) is 8.42. The minimum Gasteiger partial charge on any atom is -0.491 e. The molecule has 1 fully saturated rings. The average Bonchev–Trinajstić information content (AvgIpc) is 2.88. The number of ether oxygens (including phenoxy) is 2. The molecule has 1 N–H and O–H groups in total. The van der Waals surface area contributed by atoms with E-state index in [0.29, 0.717) is 44.0 Å². The van der Waals surface area contributed by atoms with Crippen LogP contribution < -0.4 is 4.74 Å². The molecule has 1 aliphatic heterocycles. The van der Waals surface area contributed by atoms with E-state index in [4.69, 9.17) is 9.47 Å². The lowest BCUT2D eigenvalue weighted by atomic mass is 10.1. The van der Waals surface area contributed by atoms with Crippen molar-refractivity contribution in [2.75, 3.05) is 45.9 Å². The number of piperazine rings is 1. The molecule has 3 aromatic rings. The second-order valence-corrected chi connectivity index (χ2v) is 10.4. The van der Waals surface area contributed by atoms with Gasteiger partial charge in [0.05, 0.1) is 17.1 Å². The van der Waals surface area contributed by atoms with Crippen LogP contribution in [0, 0.1) is 0 Å². The molecule has 1 saturated heterocycles. The number of hydrogen-bond donors (Lipinski definition) is 1. The number of β-amino-alcohol motifs (C(OH)–C–C–N with tert-alkyl or cyclic N) is 1. The number of sulfonamides is 1. The molecule has 8 nitrogen and oxygen atoms in total. The molecule has 1 aliphatic rings. The Hall–Kier alpha value is -2.98. The Balaban J connectivity index is 1.26. The first-order chi connectivity index (χ1) is 16.9. The first kappa shape index (κ1) is 25.1. The summed E-state index contributed by atoms with van der Waals surface area (Å²) in [6.45, 7) is 4.18. The maximum Gasteiger partial charge on any atom is 0.338 e. The van der Waals surface area contributed by atoms with Crippen molar-refractivity contribution < 1.29 is 27.8 Å². The molecule has 1 heterocycles. The number of fused-ring (bicyclic) bond motifs is 1. The number of hydrogen-bond acceptors (Lipinski definition) is 7. The van der Waals surface area contributed by atoms with Gasteiger partial charge in [-0.1, -0.05) is 30.3 Å². The standard InChI is InChI=1S/C26H30N2O6S/c1-2-33-26(30)21-8-11-25(12-9-21)35(31,32)28-15-13-27(14-16-28)18-23(29)19-34-24-10-7-20-5-3-4-6-22(20)17-24/h3-12,17,23,29H,2,13-16,18-19H2,1H3/t23-/m0/s1. The quantitative estimate of drug-likeness (QED) is 0.453. The molecule has 35 heavy (non-hydrogen) atoms. The predicted molar refractivity (Wildman–Crippen MR) is 133 cm³/mol. The molecule has 0 aromatic heterocycles. The van der Waals surface area contributed by atoms with E-state index >= 15 is 0 Å². The Morgan fingerprint density at radius 3 is 2.34 bits per heavy atom. The Kier molecular flexibility index (Phi) is 8.02. The smallest absolute Gasteiger partial charge is 0.338 e. The third-order valence-electron chi connectivity index (χ3n) is 5.97. The number of aliphatic hydroxyl groups excluding tert-OH is 1. The van der Waals surface area contributed by atoms with Gasteiger partial charge in [-0.2, -0.15) is 4.31 Å². The Bertz CT molecular complexity index is 1250. The summed E-state index contributed by atoms with van der Waals surface area (Å²) < 4.78 is 38.1. The lowest BCUT2D eigenvalue weighted by molar-refractivity contribution is 0.0526. The van der Waals surface area contributed by atoms with E-state index in [2.05, 4.69) is 0 Å². The SMILES string of the molecule is CCOC(=O)c1ccc(S(=O)(=O)N2CCN(C[C@H](O)COc3ccc4ccccc4c3)CC2)cc1. The highest BCUT2D eigenvalue weighted by molar-refractivity contribution is 7.89. The monoisotopic (exact) mass is 498 g/mol. The van der Waals surface area contributed by atoms with Crippen molar-refractivity contribution in [2.45, 2.75) is 17.9 Å². The molecule has 1 atom stereocenters. The van der Waals surface area contributed by atoms with Crippen LogP contribution in [-0.2, 0) is 14.8 Å². The van der Waals surface area contributed by atoms with Gasteiger partial charge in [-0.25, -0.2) is 13.2 Å². The Labute approximate surface area is 205 Å². The van der Waals surface area contributed by atoms with Crippen LogP contribution in [-0.4, -0.2) is 80.7 Å². The predicted octanol–water partition coefficient (Wildman–Crippen LogP) is 2.76. The molecule has 3 aromatic carbocycles. The summed E-state index contributed by atoms with van der Waals surface area (Å²) in [4.78, 5) is 14.0. The molecule has 186 valence electrons. The highest BCUT2D eigenvalue weighted by atomic mass is 32.2. The second kappa shape index (κ2) is 11.2. The van der Waals surface area contributed by atoms with Crippen LogP contribution in [0.4, 0.5) is 0 Å². The van der Waals surface area contributed by atoms with Crippen molar-refractivity contribution in [3.05, 3.63) is 72.3 Å². The highest BCUT2D eigenvalue weighted by Gasteiger charge is 2.29. The van der Waals surface area contributed by atoms with Crippen molar-refractivity contribution in [1.82, 2.24) is 9.21 Å². The van der Waals surface area contributed by atoms with Crippen LogP contribution in [0.5, 0.6) is 5.75 Å². The van der Waals surface area contributed by atoms with Crippen LogP contribution in [0.15, 0.2) is 71.6 Å². The summed E-state index contributed by atoms with van der Waals surface area (Å²) in [5.41, 5.74) is 0.315. The summed E-state index contributed by atoms with van der Waals surface area (Å²) in [6.07, 6.45) is -0.694. The van der Waals surface area contributed by atoms with Crippen molar-refractivity contribution in [3.8, 4) is 5.75 Å². The van der Waals surface area contributed by atoms with Gasteiger partial charge in [-0.05, 0) is 54.1 Å². The Morgan fingerprint density at radius 2 is 1.66 bits per heavy atom. The molecule has 0 saturated carbocycles. The largest absolute Gasteiger partial charge is 0.491 e. The van der Waals surface area contributed by atoms with E-state index in [9.17, 15) is 18.3 Å². The van der Waals surface area contributed by atoms with Crippen LogP contribution in [0.3, 0.4) is 0 Å². The van der Waals surface area contributed by atoms with Crippen molar-refractivity contribution in [3.63, 3.8) is 0 Å². The number of carbonyl (C=O) groups excluding carboxylic acids is 1. The first-order valence-corrected chi connectivity index (χ1v) is 13.1. The maximum atomic E-state index is 13.0. The summed E-state index contributed by atoms with van der Waals surface area (Å²) in [5, 5.41) is 12.7. The van der Waals surface area contributed by atoms with Crippen molar-refractivity contribution >= 4 is 26.8 Å². The van der Waals surface area contributed by atoms with Gasteiger partial charge in [0.25, 0.3) is 0 Å². The molecular formula is C26H30N2O6S. The summed E-state index contributed by atoms with van der Waals surface area (Å²) in [6, 6.07) is 19.6. The lowest BCUT2D eigenvalue weighted by Gasteiger charge is -2.34. The molecule has 0 amide bonds. The van der Waals surface area contributed by atoms with E-state index in [1.807, 2.05) is 47.4 Å². The molecule has 0 spiro atoms. The zero-order chi connectivity index (χ0) is 24.8. The number of esters is 1. The van der Waals surface area contributed by atoms with E-state index in [1.54, 1.807) is 6.92 Å². The van der Waals surface area contributed by atoms with Gasteiger partial charge in [-0.15, -0.1) is 0 Å². The minimum atomic E-state index is -3.67. The van der Waals surface area contributed by atoms with E-state index < -0.39 is 22.1 Å². The van der Waals surface area contributed by atoms with E-state index in [-0.39, 0.29) is 18.1 Å². The van der Waals surface area contributed by atoms with Gasteiger partial charge in [0.2, 0.25) is 10.0 Å². The summed E-state index contributed by atoms with van der Waals surface area (Å²) >= 11 is 0. The number of aliphatic hydroxyl groups is 1. The van der Waals surface area contributed by atoms with Gasteiger partial charge in [-0.3, -0.25) is 4.90 Å². The summed E-state index contributed by atoms with van der Waals surface area (Å²) in [7, 11) is -3.67. The van der Waals surface area contributed by atoms with E-state index in [1.165, 1.54) is 28.6 Å². The van der Waals surface area contributed by atoms with Gasteiger partial charge >= 0.3 is 5.97 Å². The van der Waals surface area contributed by atoms with Gasteiger partial charge in [0, 0.05) is 32.7 Å². The van der Waals surface area contributed by atoms with Crippen LogP contribution >= 0.6 is 0 Å². The van der Waals surface area contributed by atoms with Crippen LogP contribution in [0.2, 0.25) is 0 Å². The zero-order valence-corrected chi connectivity index (χ0v) is 20.5. The fourth-order valence-electron chi connectivity index (χ4n) is 4.08. The highest BCUT2D eigenvalue weighted by Crippen LogP contribution is 2.21. The fraction of sp³-hybridized carbons (Fsp3) is 0.346. The molecule has 0 bridgehead atoms. The van der Waals surface area contributed by atoms with Crippen molar-refractivity contribution in [2.24, 2.45) is 0 Å². The number of carbonyl (C=O) groups is 1. The topological polar surface area (TPSA) is 96.4 Å². The van der Waals surface area contributed by atoms with E-state index in [0.717, 1.165) is 10.8 Å². The minimum absolute atomic E-state index is 0.141. The molecule has 0 aliphatic carbocycles. The first-order valence-electron chi connectivity index (χ1n) is 11.7. The average molecular weight is 499 g/mol. The number of nitrogens with zero attached hydrogens (tertiary/aromatic N) is 2. The fourth-order valence-corrected chi connectivity index (χ4v) is 5.50. The van der Waals surface area contributed by atoms with Crippen LogP contribution in [0.25, 0.3) is 10.8 Å². The van der Waals surface area contributed by atoms with Gasteiger partial charge < -0.3 is 14.6 Å². The van der Waals surface area contributed by atoms with Gasteiger partial charge in [0.15, 0.2) is 0 Å².